The number of piperidine rings is 1. The maximum absolute atomic E-state index is 13.8. The molecule has 2 aromatic carbocycles. The van der Waals surface area contributed by atoms with Crippen molar-refractivity contribution in [3.05, 3.63) is 74.6 Å². The van der Waals surface area contributed by atoms with E-state index in [1.54, 1.807) is 6.92 Å². The lowest BCUT2D eigenvalue weighted by Crippen LogP contribution is -2.37. The number of aromatic nitrogens is 2. The summed E-state index contributed by atoms with van der Waals surface area (Å²) in [5.41, 5.74) is 7.31. The highest BCUT2D eigenvalue weighted by molar-refractivity contribution is 7.20. The highest BCUT2D eigenvalue weighted by Gasteiger charge is 2.26. The lowest BCUT2D eigenvalue weighted by atomic mass is 10.0. The van der Waals surface area contributed by atoms with Gasteiger partial charge < -0.3 is 10.6 Å². The number of benzene rings is 2. The topological polar surface area (TPSA) is 81.2 Å². The molecule has 1 aliphatic heterocycles. The Morgan fingerprint density at radius 1 is 1.16 bits per heavy atom. The number of primary amides is 1. The molecule has 0 bridgehead atoms. The number of amides is 1. The number of carbonyl (C=O) groups excluding carboxylic acids is 1. The van der Waals surface area contributed by atoms with E-state index in [4.69, 9.17) is 10.7 Å². The van der Waals surface area contributed by atoms with E-state index in [9.17, 15) is 9.59 Å². The molecule has 1 aliphatic rings. The Kier molecular flexibility index (Phi) is 5.31. The number of hydrogen-bond donors (Lipinski definition) is 1. The predicted octanol–water partition coefficient (Wildman–Crippen LogP) is 3.88. The minimum atomic E-state index is -0.508. The molecule has 0 atom stereocenters. The number of nitrogens with zero attached hydrogens (tertiary/aromatic N) is 3. The molecule has 2 aromatic heterocycles. The van der Waals surface area contributed by atoms with Crippen molar-refractivity contribution in [2.75, 3.05) is 20.1 Å². The number of fused-ring (bicyclic) bond motifs is 2. The van der Waals surface area contributed by atoms with Gasteiger partial charge in [0.15, 0.2) is 0 Å². The summed E-state index contributed by atoms with van der Waals surface area (Å²) in [5, 5.41) is 2.87. The largest absolute Gasteiger partial charge is 0.365 e. The van der Waals surface area contributed by atoms with Crippen molar-refractivity contribution in [1.82, 2.24) is 14.5 Å². The summed E-state index contributed by atoms with van der Waals surface area (Å²) in [6.45, 7) is 3.68. The summed E-state index contributed by atoms with van der Waals surface area (Å²) in [5.74, 6) is 0.247. The number of aryl methyl sites for hydroxylation is 1. The molecule has 1 saturated heterocycles. The van der Waals surface area contributed by atoms with E-state index >= 15 is 0 Å². The van der Waals surface area contributed by atoms with Crippen molar-refractivity contribution in [1.29, 1.82) is 0 Å². The molecule has 0 saturated carbocycles. The van der Waals surface area contributed by atoms with Gasteiger partial charge in [-0.2, -0.15) is 0 Å². The van der Waals surface area contributed by atoms with Crippen LogP contribution in [0.5, 0.6) is 0 Å². The van der Waals surface area contributed by atoms with Crippen LogP contribution >= 0.6 is 11.3 Å². The van der Waals surface area contributed by atoms with E-state index < -0.39 is 5.91 Å². The summed E-state index contributed by atoms with van der Waals surface area (Å²) >= 11 is 1.22. The lowest BCUT2D eigenvalue weighted by Gasteiger charge is -2.31. The first kappa shape index (κ1) is 20.8. The van der Waals surface area contributed by atoms with Gasteiger partial charge in [0.05, 0.1) is 10.3 Å². The van der Waals surface area contributed by atoms with Crippen LogP contribution in [0.25, 0.3) is 21.0 Å². The summed E-state index contributed by atoms with van der Waals surface area (Å²) in [4.78, 5) is 34.0. The predicted molar refractivity (Wildman–Crippen MR) is 130 cm³/mol. The van der Waals surface area contributed by atoms with E-state index in [2.05, 4.69) is 42.3 Å². The third-order valence-electron chi connectivity index (χ3n) is 6.58. The quantitative estimate of drug-likeness (QED) is 0.516. The smallest absolute Gasteiger partial charge is 0.262 e. The second kappa shape index (κ2) is 8.15. The van der Waals surface area contributed by atoms with Crippen molar-refractivity contribution in [2.24, 2.45) is 5.73 Å². The lowest BCUT2D eigenvalue weighted by molar-refractivity contribution is 0.100. The van der Waals surface area contributed by atoms with Gasteiger partial charge in [0.1, 0.15) is 10.7 Å². The van der Waals surface area contributed by atoms with Gasteiger partial charge in [0, 0.05) is 12.5 Å². The van der Waals surface area contributed by atoms with Crippen LogP contribution in [0, 0.1) is 6.92 Å². The molecule has 3 heterocycles. The molecule has 0 aliphatic carbocycles. The molecule has 7 heteroatoms. The second-order valence-electron chi connectivity index (χ2n) is 8.65. The zero-order chi connectivity index (χ0) is 22.4. The van der Waals surface area contributed by atoms with Crippen molar-refractivity contribution >= 4 is 38.2 Å². The molecule has 0 spiro atoms. The first-order valence-corrected chi connectivity index (χ1v) is 11.7. The van der Waals surface area contributed by atoms with Crippen LogP contribution in [0.2, 0.25) is 0 Å². The fourth-order valence-corrected chi connectivity index (χ4v) is 5.89. The summed E-state index contributed by atoms with van der Waals surface area (Å²) < 4.78 is 1.90. The summed E-state index contributed by atoms with van der Waals surface area (Å²) in [6, 6.07) is 14.6. The van der Waals surface area contributed by atoms with Crippen LogP contribution in [-0.4, -0.2) is 40.5 Å². The third kappa shape index (κ3) is 3.51. The van der Waals surface area contributed by atoms with Gasteiger partial charge in [-0.05, 0) is 61.8 Å². The van der Waals surface area contributed by atoms with Gasteiger partial charge in [-0.3, -0.25) is 14.2 Å². The highest BCUT2D eigenvalue weighted by Crippen LogP contribution is 2.31. The normalized spacial score (nSPS) is 15.6. The van der Waals surface area contributed by atoms with Gasteiger partial charge in [0.2, 0.25) is 0 Å². The number of nitrogens with two attached hydrogens (primary N) is 1. The number of carbonyl (C=O) groups is 1. The monoisotopic (exact) mass is 446 g/mol. The van der Waals surface area contributed by atoms with E-state index in [1.165, 1.54) is 22.1 Å². The van der Waals surface area contributed by atoms with Gasteiger partial charge in [-0.1, -0.05) is 42.5 Å². The Hall–Kier alpha value is -3.03. The number of rotatable bonds is 4. The molecule has 0 unspecified atom stereocenters. The van der Waals surface area contributed by atoms with E-state index in [1.807, 2.05) is 16.7 Å². The Balaban J connectivity index is 1.72. The van der Waals surface area contributed by atoms with Gasteiger partial charge in [0.25, 0.3) is 11.5 Å². The highest BCUT2D eigenvalue weighted by atomic mass is 32.1. The van der Waals surface area contributed by atoms with Crippen LogP contribution in [0.4, 0.5) is 0 Å². The minimum absolute atomic E-state index is 0.0546. The molecule has 0 radical (unpaired) electrons. The fraction of sp³-hybridized carbons (Fsp3) is 0.320. The molecule has 164 valence electrons. The van der Waals surface area contributed by atoms with E-state index in [0.717, 1.165) is 37.3 Å². The Labute approximate surface area is 190 Å². The van der Waals surface area contributed by atoms with E-state index in [-0.39, 0.29) is 11.6 Å². The van der Waals surface area contributed by atoms with Crippen molar-refractivity contribution in [3.8, 4) is 0 Å². The maximum atomic E-state index is 13.8. The maximum Gasteiger partial charge on any atom is 0.262 e. The molecule has 32 heavy (non-hydrogen) atoms. The van der Waals surface area contributed by atoms with Crippen LogP contribution in [0.3, 0.4) is 0 Å². The number of hydrogen-bond acceptors (Lipinski definition) is 5. The second-order valence-corrected chi connectivity index (χ2v) is 9.65. The zero-order valence-electron chi connectivity index (χ0n) is 18.3. The number of thiophene rings is 1. The molecular weight excluding hydrogens is 420 g/mol. The van der Waals surface area contributed by atoms with Crippen molar-refractivity contribution in [2.45, 2.75) is 32.2 Å². The zero-order valence-corrected chi connectivity index (χ0v) is 19.1. The SMILES string of the molecule is Cc1c(C(N)=O)sc2nc(Cc3cccc4ccccc34)n(C3CCN(C)CC3)c(=O)c12. The third-order valence-corrected chi connectivity index (χ3v) is 7.78. The van der Waals surface area contributed by atoms with Crippen LogP contribution < -0.4 is 11.3 Å². The summed E-state index contributed by atoms with van der Waals surface area (Å²) in [6.07, 6.45) is 2.36. The Morgan fingerprint density at radius 3 is 2.62 bits per heavy atom. The fourth-order valence-electron chi connectivity index (χ4n) is 4.84. The molecule has 1 fully saturated rings. The van der Waals surface area contributed by atoms with Crippen molar-refractivity contribution < 1.29 is 4.79 Å². The molecule has 1 amide bonds. The Morgan fingerprint density at radius 2 is 1.88 bits per heavy atom. The van der Waals surface area contributed by atoms with Crippen LogP contribution in [0.15, 0.2) is 47.3 Å². The molecular formula is C25H26N4O2S. The standard InChI is InChI=1S/C25H26N4O2S/c1-15-21-24(32-22(15)23(26)30)27-20(29(25(21)31)18-10-12-28(2)13-11-18)14-17-8-5-7-16-6-3-4-9-19(16)17/h3-9,18H,10-14H2,1-2H3,(H2,26,30). The van der Waals surface area contributed by atoms with Crippen molar-refractivity contribution in [3.63, 3.8) is 0 Å². The number of likely N-dealkylation sites (tertiary alicyclic amines) is 1. The minimum Gasteiger partial charge on any atom is -0.365 e. The first-order valence-electron chi connectivity index (χ1n) is 10.9. The average molecular weight is 447 g/mol. The van der Waals surface area contributed by atoms with E-state index in [0.29, 0.717) is 27.1 Å². The average Bonchev–Trinajstić information content (AvgIpc) is 3.12. The molecule has 5 rings (SSSR count). The Bertz CT molecular complexity index is 1390. The van der Waals surface area contributed by atoms with Gasteiger partial charge >= 0.3 is 0 Å². The van der Waals surface area contributed by atoms with Gasteiger partial charge in [-0.25, -0.2) is 4.98 Å². The molecule has 6 nitrogen and oxygen atoms in total. The van der Waals surface area contributed by atoms with Crippen LogP contribution in [0.1, 0.15) is 45.5 Å². The first-order chi connectivity index (χ1) is 15.4. The summed E-state index contributed by atoms with van der Waals surface area (Å²) in [7, 11) is 2.11. The molecule has 2 N–H and O–H groups in total. The van der Waals surface area contributed by atoms with Crippen LogP contribution in [-0.2, 0) is 6.42 Å². The van der Waals surface area contributed by atoms with Gasteiger partial charge in [-0.15, -0.1) is 11.3 Å². The molecule has 4 aromatic rings.